The minimum absolute atomic E-state index is 0.206. The molecule has 2 aromatic rings. The van der Waals surface area contributed by atoms with Gasteiger partial charge in [-0.1, -0.05) is 6.07 Å². The molecule has 0 atom stereocenters. The number of ether oxygens (including phenoxy) is 2. The molecule has 1 N–H and O–H groups in total. The number of hydrogen-bond acceptors (Lipinski definition) is 8. The molecule has 0 radical (unpaired) electrons. The third kappa shape index (κ3) is 7.46. The zero-order chi connectivity index (χ0) is 23.5. The van der Waals surface area contributed by atoms with Crippen molar-refractivity contribution in [1.29, 1.82) is 0 Å². The maximum atomic E-state index is 12.9. The third-order valence-corrected chi connectivity index (χ3v) is 4.30. The number of rotatable bonds is 9. The van der Waals surface area contributed by atoms with E-state index in [4.69, 9.17) is 9.47 Å². The largest absolute Gasteiger partial charge is 0.435 e. The summed E-state index contributed by atoms with van der Waals surface area (Å²) in [6.45, 7) is 4.51. The highest BCUT2D eigenvalue weighted by atomic mass is 19.1. The molecule has 3 rings (SSSR count). The second-order valence-corrected chi connectivity index (χ2v) is 6.80. The van der Waals surface area contributed by atoms with Gasteiger partial charge in [-0.3, -0.25) is 14.8 Å². The number of benzene rings is 1. The Morgan fingerprint density at radius 2 is 2.15 bits per heavy atom. The number of carbonyl (C=O) groups is 1. The van der Waals surface area contributed by atoms with Crippen LogP contribution in [0.2, 0.25) is 0 Å². The van der Waals surface area contributed by atoms with Gasteiger partial charge in [0.05, 0.1) is 6.42 Å². The number of hydrogen-bond donors (Lipinski definition) is 1. The van der Waals surface area contributed by atoms with Gasteiger partial charge >= 0.3 is 5.97 Å². The Bertz CT molecular complexity index is 1130. The molecule has 0 aliphatic carbocycles. The Balaban J connectivity index is 1.66. The van der Waals surface area contributed by atoms with Crippen LogP contribution in [-0.2, 0) is 17.9 Å². The van der Waals surface area contributed by atoms with E-state index in [1.165, 1.54) is 31.7 Å². The monoisotopic (exact) mass is 450 g/mol. The van der Waals surface area contributed by atoms with E-state index in [0.29, 0.717) is 42.4 Å². The number of alkyl halides is 1. The van der Waals surface area contributed by atoms with Crippen molar-refractivity contribution < 1.29 is 18.7 Å². The zero-order valence-corrected chi connectivity index (χ0v) is 18.1. The summed E-state index contributed by atoms with van der Waals surface area (Å²) in [5.74, 6) is 1.61. The number of esters is 1. The molecule has 170 valence electrons. The van der Waals surface area contributed by atoms with Crippen LogP contribution in [0.1, 0.15) is 24.5 Å². The van der Waals surface area contributed by atoms with Crippen molar-refractivity contribution >= 4 is 30.7 Å². The molecule has 1 aromatic heterocycles. The molecule has 0 unspecified atom stereocenters. The van der Waals surface area contributed by atoms with Crippen molar-refractivity contribution in [1.82, 2.24) is 10.3 Å². The second kappa shape index (κ2) is 12.0. The van der Waals surface area contributed by atoms with Gasteiger partial charge in [0.1, 0.15) is 24.7 Å². The van der Waals surface area contributed by atoms with Gasteiger partial charge < -0.3 is 14.8 Å². The number of nitrogens with zero attached hydrogens (tertiary/aromatic N) is 5. The predicted octanol–water partition coefficient (Wildman–Crippen LogP) is 3.80. The van der Waals surface area contributed by atoms with Crippen LogP contribution in [-0.4, -0.2) is 42.2 Å². The molecule has 10 heteroatoms. The fourth-order valence-corrected chi connectivity index (χ4v) is 2.82. The van der Waals surface area contributed by atoms with Gasteiger partial charge in [0.2, 0.25) is 5.88 Å². The number of amidine groups is 2. The van der Waals surface area contributed by atoms with Crippen LogP contribution in [0.25, 0.3) is 0 Å². The lowest BCUT2D eigenvalue weighted by Crippen LogP contribution is -2.23. The Morgan fingerprint density at radius 3 is 2.94 bits per heavy atom. The van der Waals surface area contributed by atoms with E-state index in [0.717, 1.165) is 5.56 Å². The van der Waals surface area contributed by atoms with E-state index in [1.54, 1.807) is 24.4 Å². The maximum Gasteiger partial charge on any atom is 0.308 e. The van der Waals surface area contributed by atoms with Gasteiger partial charge in [0.25, 0.3) is 0 Å². The summed E-state index contributed by atoms with van der Waals surface area (Å²) >= 11 is 0. The zero-order valence-electron chi connectivity index (χ0n) is 18.1. The first kappa shape index (κ1) is 23.5. The molecule has 1 aliphatic heterocycles. The summed E-state index contributed by atoms with van der Waals surface area (Å²) in [4.78, 5) is 32.1. The van der Waals surface area contributed by atoms with E-state index < -0.39 is 12.6 Å². The van der Waals surface area contributed by atoms with Crippen LogP contribution in [0, 0.1) is 0 Å². The van der Waals surface area contributed by atoms with Crippen LogP contribution in [0.3, 0.4) is 0 Å². The summed E-state index contributed by atoms with van der Waals surface area (Å²) in [7, 11) is 0. The molecule has 0 fully saturated rings. The summed E-state index contributed by atoms with van der Waals surface area (Å²) < 4.78 is 23.9. The fraction of sp³-hybridized carbons (Fsp3) is 0.217. The molecule has 0 saturated carbocycles. The normalized spacial score (nSPS) is 14.2. The first-order valence-corrected chi connectivity index (χ1v) is 10.1. The standard InChI is InChI=1S/C23H23FN6O3/c1-16(31)32-20-11-17(3-4-19(20)33-23-12-18(14-24)6-8-28-23)5-7-26-21-13-22(30-15-29-21)27-10-9-25-2/h3-4,6,8-12,15H,2,5,7,13-14H2,1H3,(H,26,27,29,30)/b10-9-. The summed E-state index contributed by atoms with van der Waals surface area (Å²) in [6.07, 6.45) is 7.10. The van der Waals surface area contributed by atoms with Crippen LogP contribution < -0.4 is 14.8 Å². The fourth-order valence-electron chi connectivity index (χ4n) is 2.82. The molecule has 1 aliphatic rings. The molecule has 0 spiro atoms. The minimum Gasteiger partial charge on any atom is -0.435 e. The lowest BCUT2D eigenvalue weighted by atomic mass is 10.1. The Labute approximate surface area is 190 Å². The van der Waals surface area contributed by atoms with Gasteiger partial charge in [0.15, 0.2) is 11.5 Å². The first-order chi connectivity index (χ1) is 16.1. The highest BCUT2D eigenvalue weighted by Gasteiger charge is 2.12. The van der Waals surface area contributed by atoms with E-state index in [2.05, 4.69) is 37.0 Å². The van der Waals surface area contributed by atoms with E-state index in [-0.39, 0.29) is 11.6 Å². The Morgan fingerprint density at radius 1 is 1.27 bits per heavy atom. The summed E-state index contributed by atoms with van der Waals surface area (Å²) in [6, 6.07) is 8.27. The first-order valence-electron chi connectivity index (χ1n) is 10.1. The van der Waals surface area contributed by atoms with Crippen LogP contribution in [0.4, 0.5) is 4.39 Å². The van der Waals surface area contributed by atoms with Crippen molar-refractivity contribution in [2.45, 2.75) is 26.4 Å². The number of halogens is 1. The van der Waals surface area contributed by atoms with Gasteiger partial charge in [-0.05, 0) is 42.5 Å². The van der Waals surface area contributed by atoms with Gasteiger partial charge in [-0.2, -0.15) is 0 Å². The SMILES string of the molecule is C=N/C=C\NC1=NC=NC(=NCCc2ccc(Oc3cc(CF)ccn3)c(OC(C)=O)c2)C1. The van der Waals surface area contributed by atoms with Crippen LogP contribution >= 0.6 is 0 Å². The van der Waals surface area contributed by atoms with Crippen molar-refractivity contribution in [3.8, 4) is 17.4 Å². The number of nitrogens with one attached hydrogen (secondary N) is 1. The van der Waals surface area contributed by atoms with Crippen molar-refractivity contribution in [2.75, 3.05) is 6.54 Å². The second-order valence-electron chi connectivity index (χ2n) is 6.80. The molecule has 2 heterocycles. The molecule has 1 aromatic carbocycles. The average molecular weight is 450 g/mol. The third-order valence-electron chi connectivity index (χ3n) is 4.30. The topological polar surface area (TPSA) is 110 Å². The predicted molar refractivity (Wildman–Crippen MR) is 125 cm³/mol. The van der Waals surface area contributed by atoms with Crippen LogP contribution in [0.15, 0.2) is 68.9 Å². The van der Waals surface area contributed by atoms with Crippen molar-refractivity contribution in [3.05, 3.63) is 60.1 Å². The molecule has 33 heavy (non-hydrogen) atoms. The molecule has 9 nitrogen and oxygen atoms in total. The van der Waals surface area contributed by atoms with E-state index in [1.807, 2.05) is 6.07 Å². The average Bonchev–Trinajstić information content (AvgIpc) is 2.81. The lowest BCUT2D eigenvalue weighted by Gasteiger charge is -2.12. The number of aliphatic imine (C=N–C) groups is 4. The van der Waals surface area contributed by atoms with Crippen molar-refractivity contribution in [2.24, 2.45) is 20.0 Å². The quantitative estimate of drug-likeness (QED) is 0.355. The van der Waals surface area contributed by atoms with Gasteiger partial charge in [-0.25, -0.2) is 19.4 Å². The van der Waals surface area contributed by atoms with Gasteiger partial charge in [-0.15, -0.1) is 0 Å². The highest BCUT2D eigenvalue weighted by Crippen LogP contribution is 2.32. The molecule has 0 saturated heterocycles. The smallest absolute Gasteiger partial charge is 0.308 e. The highest BCUT2D eigenvalue weighted by molar-refractivity contribution is 6.10. The summed E-state index contributed by atoms with van der Waals surface area (Å²) in [5.41, 5.74) is 1.33. The van der Waals surface area contributed by atoms with E-state index >= 15 is 0 Å². The summed E-state index contributed by atoms with van der Waals surface area (Å²) in [5, 5.41) is 2.99. The number of aromatic nitrogens is 1. The molecule has 0 amide bonds. The van der Waals surface area contributed by atoms with Crippen LogP contribution in [0.5, 0.6) is 17.4 Å². The Hall–Kier alpha value is -4.21. The van der Waals surface area contributed by atoms with Gasteiger partial charge in [0, 0.05) is 38.1 Å². The Kier molecular flexibility index (Phi) is 8.52. The van der Waals surface area contributed by atoms with E-state index in [9.17, 15) is 9.18 Å². The molecule has 0 bridgehead atoms. The number of pyridine rings is 1. The van der Waals surface area contributed by atoms with Crippen molar-refractivity contribution in [3.63, 3.8) is 0 Å². The number of carbonyl (C=O) groups excluding carboxylic acids is 1. The maximum absolute atomic E-state index is 12.9. The minimum atomic E-state index is -0.632. The molecular weight excluding hydrogens is 427 g/mol. The molecular formula is C23H23FN6O3. The lowest BCUT2D eigenvalue weighted by molar-refractivity contribution is -0.132.